The fourth-order valence-electron chi connectivity index (χ4n) is 7.25. The van der Waals surface area contributed by atoms with Gasteiger partial charge in [-0.3, -0.25) is 9.59 Å². The van der Waals surface area contributed by atoms with Crippen LogP contribution >= 0.6 is 23.2 Å². The highest BCUT2D eigenvalue weighted by Gasteiger charge is 2.69. The van der Waals surface area contributed by atoms with Crippen molar-refractivity contribution in [2.75, 3.05) is 26.2 Å². The zero-order valence-electron chi connectivity index (χ0n) is 23.3. The van der Waals surface area contributed by atoms with Gasteiger partial charge in [0.05, 0.1) is 21.5 Å². The summed E-state index contributed by atoms with van der Waals surface area (Å²) in [4.78, 5) is 30.4. The summed E-state index contributed by atoms with van der Waals surface area (Å²) in [6, 6.07) is 3.18. The Kier molecular flexibility index (Phi) is 8.37. The molecule has 3 N–H and O–H groups in total. The molecule has 1 spiro atoms. The third-order valence-electron chi connectivity index (χ3n) is 8.90. The average Bonchev–Trinajstić information content (AvgIpc) is 3.57. The molecule has 3 saturated heterocycles. The molecular weight excluding hydrogens is 557 g/mol. The molecule has 3 aliphatic heterocycles. The number of rotatable bonds is 7. The highest BCUT2D eigenvalue weighted by molar-refractivity contribution is 6.31. The summed E-state index contributed by atoms with van der Waals surface area (Å²) in [5, 5.41) is 9.28. The molecule has 5 rings (SSSR count). The van der Waals surface area contributed by atoms with E-state index in [-0.39, 0.29) is 39.3 Å². The van der Waals surface area contributed by atoms with E-state index in [1.165, 1.54) is 25.0 Å². The number of benzene rings is 1. The first-order valence-corrected chi connectivity index (χ1v) is 15.0. The van der Waals surface area contributed by atoms with Crippen molar-refractivity contribution in [3.63, 3.8) is 0 Å². The molecule has 1 aromatic rings. The number of halogens is 4. The molecule has 6 nitrogen and oxygen atoms in total. The zero-order valence-corrected chi connectivity index (χ0v) is 24.8. The van der Waals surface area contributed by atoms with E-state index in [0.29, 0.717) is 18.7 Å². The van der Waals surface area contributed by atoms with Crippen LogP contribution in [0.25, 0.3) is 0 Å². The van der Waals surface area contributed by atoms with Gasteiger partial charge in [-0.05, 0) is 68.4 Å². The lowest BCUT2D eigenvalue weighted by atomic mass is 9.58. The second-order valence-electron chi connectivity index (χ2n) is 12.8. The van der Waals surface area contributed by atoms with Crippen LogP contribution in [-0.2, 0) is 9.59 Å². The van der Waals surface area contributed by atoms with Gasteiger partial charge in [-0.25, -0.2) is 8.78 Å². The van der Waals surface area contributed by atoms with E-state index in [0.717, 1.165) is 26.1 Å². The van der Waals surface area contributed by atoms with Gasteiger partial charge in [0.25, 0.3) is 0 Å². The minimum absolute atomic E-state index is 0.0558. The Morgan fingerprint density at radius 2 is 1.93 bits per heavy atom. The summed E-state index contributed by atoms with van der Waals surface area (Å²) in [6.45, 7) is 9.65. The van der Waals surface area contributed by atoms with Crippen LogP contribution in [-0.4, -0.2) is 55.0 Å². The van der Waals surface area contributed by atoms with E-state index >= 15 is 8.78 Å². The van der Waals surface area contributed by atoms with Gasteiger partial charge in [0.15, 0.2) is 0 Å². The standard InChI is InChI=1S/C30H38Cl2F2N4O2/c1-29(2,3)16-23-30(18-14-21(33)20(32)15-22(18)36-28(30)40)24(17-8-6-9-19(31)25(17)34)26(37-23)27(39)35-10-7-13-38-11-4-5-12-38/h6,8-9,15,18,23-24,26,37H,4-5,7,10-14,16H2,1-3H3,(H,35,39)(H,36,40). The van der Waals surface area contributed by atoms with Gasteiger partial charge in [0.2, 0.25) is 11.8 Å². The lowest BCUT2D eigenvalue weighted by Crippen LogP contribution is -2.50. The first-order chi connectivity index (χ1) is 18.9. The van der Waals surface area contributed by atoms with Crippen molar-refractivity contribution in [2.45, 2.75) is 70.9 Å². The Hall–Kier alpha value is -2.00. The largest absolute Gasteiger partial charge is 0.355 e. The number of nitrogens with one attached hydrogen (secondary N) is 3. The zero-order chi connectivity index (χ0) is 28.8. The fraction of sp³-hybridized carbons (Fsp3) is 0.600. The Morgan fingerprint density at radius 3 is 2.62 bits per heavy atom. The van der Waals surface area contributed by atoms with Crippen LogP contribution in [0.1, 0.15) is 64.4 Å². The predicted molar refractivity (Wildman–Crippen MR) is 153 cm³/mol. The van der Waals surface area contributed by atoms with Crippen LogP contribution in [0.3, 0.4) is 0 Å². The number of amides is 2. The van der Waals surface area contributed by atoms with Gasteiger partial charge < -0.3 is 20.9 Å². The van der Waals surface area contributed by atoms with Gasteiger partial charge in [-0.2, -0.15) is 0 Å². The quantitative estimate of drug-likeness (QED) is 0.370. The van der Waals surface area contributed by atoms with Gasteiger partial charge >= 0.3 is 0 Å². The molecule has 1 aromatic carbocycles. The molecule has 5 unspecified atom stereocenters. The number of hydrogen-bond donors (Lipinski definition) is 3. The van der Waals surface area contributed by atoms with Crippen molar-refractivity contribution in [2.24, 2.45) is 16.7 Å². The topological polar surface area (TPSA) is 73.5 Å². The van der Waals surface area contributed by atoms with Crippen molar-refractivity contribution in [3.05, 3.63) is 57.2 Å². The van der Waals surface area contributed by atoms with Crippen molar-refractivity contribution in [1.82, 2.24) is 20.9 Å². The molecule has 0 bridgehead atoms. The smallest absolute Gasteiger partial charge is 0.237 e. The lowest BCUT2D eigenvalue weighted by molar-refractivity contribution is -0.131. The SMILES string of the molecule is CC(C)(C)CC1NC(C(=O)NCCCN2CCCC2)C(c2cccc(Cl)c2F)C12C(=O)NC1=CC(Cl)=C(F)CC12. The van der Waals surface area contributed by atoms with E-state index < -0.39 is 41.0 Å². The first-order valence-electron chi connectivity index (χ1n) is 14.2. The van der Waals surface area contributed by atoms with Crippen molar-refractivity contribution in [1.29, 1.82) is 0 Å². The van der Waals surface area contributed by atoms with Crippen molar-refractivity contribution in [3.8, 4) is 0 Å². The van der Waals surface area contributed by atoms with Crippen LogP contribution in [0, 0.1) is 22.6 Å². The summed E-state index contributed by atoms with van der Waals surface area (Å²) >= 11 is 12.4. The second-order valence-corrected chi connectivity index (χ2v) is 13.6. The average molecular weight is 596 g/mol. The highest BCUT2D eigenvalue weighted by atomic mass is 35.5. The molecule has 0 saturated carbocycles. The van der Waals surface area contributed by atoms with Gasteiger partial charge in [0, 0.05) is 36.5 Å². The summed E-state index contributed by atoms with van der Waals surface area (Å²) in [5.41, 5.74) is -0.935. The Balaban J connectivity index is 1.55. The van der Waals surface area contributed by atoms with E-state index in [4.69, 9.17) is 23.2 Å². The maximum absolute atomic E-state index is 15.8. The maximum Gasteiger partial charge on any atom is 0.237 e. The summed E-state index contributed by atoms with van der Waals surface area (Å²) in [7, 11) is 0. The predicted octanol–water partition coefficient (Wildman–Crippen LogP) is 5.38. The van der Waals surface area contributed by atoms with Crippen LogP contribution in [0.5, 0.6) is 0 Å². The normalized spacial score (nSPS) is 30.6. The van der Waals surface area contributed by atoms with Crippen LogP contribution in [0.15, 0.2) is 40.8 Å². The van der Waals surface area contributed by atoms with Crippen molar-refractivity contribution < 1.29 is 18.4 Å². The number of allylic oxidation sites excluding steroid dienone is 4. The number of fused-ring (bicyclic) bond motifs is 2. The third kappa shape index (κ3) is 5.33. The minimum Gasteiger partial charge on any atom is -0.355 e. The van der Waals surface area contributed by atoms with Gasteiger partial charge in [-0.15, -0.1) is 0 Å². The van der Waals surface area contributed by atoms with Crippen LogP contribution in [0.4, 0.5) is 8.78 Å². The number of nitrogens with zero attached hydrogens (tertiary/aromatic N) is 1. The third-order valence-corrected chi connectivity index (χ3v) is 9.50. The fourth-order valence-corrected chi connectivity index (χ4v) is 7.62. The summed E-state index contributed by atoms with van der Waals surface area (Å²) in [6.07, 6.45) is 5.01. The number of likely N-dealkylation sites (tertiary alicyclic amines) is 1. The Labute approximate surface area is 244 Å². The van der Waals surface area contributed by atoms with E-state index in [9.17, 15) is 9.59 Å². The van der Waals surface area contributed by atoms with Crippen LogP contribution in [0.2, 0.25) is 5.02 Å². The maximum atomic E-state index is 15.8. The second kappa shape index (κ2) is 11.3. The summed E-state index contributed by atoms with van der Waals surface area (Å²) in [5.74, 6) is -3.46. The number of carbonyl (C=O) groups excluding carboxylic acids is 2. The van der Waals surface area contributed by atoms with Gasteiger partial charge in [-0.1, -0.05) is 56.1 Å². The number of hydrogen-bond acceptors (Lipinski definition) is 4. The Morgan fingerprint density at radius 1 is 1.20 bits per heavy atom. The van der Waals surface area contributed by atoms with E-state index in [2.05, 4.69) is 20.9 Å². The molecule has 1 aliphatic carbocycles. The van der Waals surface area contributed by atoms with E-state index in [1.807, 2.05) is 20.8 Å². The molecule has 218 valence electrons. The Bertz CT molecular complexity index is 1240. The molecule has 5 atom stereocenters. The number of carbonyl (C=O) groups is 2. The molecule has 40 heavy (non-hydrogen) atoms. The molecule has 3 heterocycles. The molecule has 3 fully saturated rings. The molecule has 10 heteroatoms. The summed E-state index contributed by atoms with van der Waals surface area (Å²) < 4.78 is 30.9. The molecular formula is C30H38Cl2F2N4O2. The van der Waals surface area contributed by atoms with Gasteiger partial charge in [0.1, 0.15) is 11.6 Å². The van der Waals surface area contributed by atoms with Crippen molar-refractivity contribution >= 4 is 35.0 Å². The minimum atomic E-state index is -1.35. The molecule has 0 aromatic heterocycles. The molecule has 2 amide bonds. The highest BCUT2D eigenvalue weighted by Crippen LogP contribution is 2.61. The van der Waals surface area contributed by atoms with E-state index in [1.54, 1.807) is 12.1 Å². The van der Waals surface area contributed by atoms with Crippen LogP contribution < -0.4 is 16.0 Å². The lowest BCUT2D eigenvalue weighted by Gasteiger charge is -2.41. The molecule has 0 radical (unpaired) electrons. The monoisotopic (exact) mass is 594 g/mol. The first kappa shape index (κ1) is 29.5. The molecule has 4 aliphatic rings.